The summed E-state index contributed by atoms with van der Waals surface area (Å²) in [5, 5.41) is 0. The van der Waals surface area contributed by atoms with Crippen molar-refractivity contribution in [1.29, 1.82) is 0 Å². The SMILES string of the molecule is CCC(CC)C1CC(N=C2NS(=O)(=O)c3ccccc32)CCO1. The van der Waals surface area contributed by atoms with Gasteiger partial charge >= 0.3 is 0 Å². The average Bonchev–Trinajstić information content (AvgIpc) is 2.80. The number of fused-ring (bicyclic) bond motifs is 1. The Morgan fingerprint density at radius 3 is 2.78 bits per heavy atom. The summed E-state index contributed by atoms with van der Waals surface area (Å²) in [7, 11) is -3.46. The first-order chi connectivity index (χ1) is 11.0. The summed E-state index contributed by atoms with van der Waals surface area (Å²) in [5.74, 6) is 1.03. The quantitative estimate of drug-likeness (QED) is 0.919. The second-order valence-electron chi connectivity index (χ2n) is 6.24. The van der Waals surface area contributed by atoms with Crippen LogP contribution < -0.4 is 4.72 Å². The Balaban J connectivity index is 1.82. The van der Waals surface area contributed by atoms with Gasteiger partial charge in [0.2, 0.25) is 0 Å². The molecule has 2 unspecified atom stereocenters. The first-order valence-corrected chi connectivity index (χ1v) is 9.85. The lowest BCUT2D eigenvalue weighted by molar-refractivity contribution is -0.0293. The number of rotatable bonds is 4. The van der Waals surface area contributed by atoms with E-state index in [1.54, 1.807) is 12.1 Å². The summed E-state index contributed by atoms with van der Waals surface area (Å²) in [5.41, 5.74) is 0.679. The van der Waals surface area contributed by atoms with Gasteiger partial charge in [0.1, 0.15) is 5.84 Å². The summed E-state index contributed by atoms with van der Waals surface area (Å²) < 4.78 is 32.8. The molecule has 1 saturated heterocycles. The molecule has 2 aliphatic rings. The third kappa shape index (κ3) is 3.28. The zero-order chi connectivity index (χ0) is 16.4. The summed E-state index contributed by atoms with van der Waals surface area (Å²) in [6.07, 6.45) is 4.12. The molecule has 0 radical (unpaired) electrons. The van der Waals surface area contributed by atoms with Gasteiger partial charge in [0.25, 0.3) is 10.0 Å². The van der Waals surface area contributed by atoms with Crippen molar-refractivity contribution in [1.82, 2.24) is 4.72 Å². The van der Waals surface area contributed by atoms with Crippen molar-refractivity contribution < 1.29 is 13.2 Å². The number of nitrogens with zero attached hydrogens (tertiary/aromatic N) is 1. The zero-order valence-corrected chi connectivity index (χ0v) is 14.5. The van der Waals surface area contributed by atoms with Crippen molar-refractivity contribution in [3.05, 3.63) is 29.8 Å². The number of hydrogen-bond donors (Lipinski definition) is 1. The number of hydrogen-bond acceptors (Lipinski definition) is 4. The van der Waals surface area contributed by atoms with Crippen LogP contribution in [-0.2, 0) is 14.8 Å². The van der Waals surface area contributed by atoms with E-state index in [4.69, 9.17) is 9.73 Å². The van der Waals surface area contributed by atoms with E-state index in [1.165, 1.54) is 0 Å². The van der Waals surface area contributed by atoms with E-state index in [2.05, 4.69) is 18.6 Å². The van der Waals surface area contributed by atoms with Crippen molar-refractivity contribution in [2.24, 2.45) is 10.9 Å². The van der Waals surface area contributed by atoms with Crippen LogP contribution in [0.2, 0.25) is 0 Å². The number of amidine groups is 1. The van der Waals surface area contributed by atoms with Gasteiger partial charge in [-0.2, -0.15) is 0 Å². The van der Waals surface area contributed by atoms with Gasteiger partial charge in [0.05, 0.1) is 17.0 Å². The third-order valence-corrected chi connectivity index (χ3v) is 6.23. The maximum absolute atomic E-state index is 12.2. The molecule has 126 valence electrons. The molecule has 0 amide bonds. The minimum Gasteiger partial charge on any atom is -0.378 e. The summed E-state index contributed by atoms with van der Waals surface area (Å²) in [6, 6.07) is 7.12. The molecule has 2 aliphatic heterocycles. The zero-order valence-electron chi connectivity index (χ0n) is 13.7. The van der Waals surface area contributed by atoms with Gasteiger partial charge in [-0.05, 0) is 30.9 Å². The van der Waals surface area contributed by atoms with Crippen molar-refractivity contribution >= 4 is 15.9 Å². The Morgan fingerprint density at radius 2 is 2.04 bits per heavy atom. The van der Waals surface area contributed by atoms with E-state index in [0.29, 0.717) is 28.8 Å². The van der Waals surface area contributed by atoms with Gasteiger partial charge < -0.3 is 4.74 Å². The Bertz CT molecular complexity index is 696. The fourth-order valence-corrected chi connectivity index (χ4v) is 4.72. The summed E-state index contributed by atoms with van der Waals surface area (Å²) in [4.78, 5) is 5.04. The normalized spacial score (nSPS) is 27.9. The second-order valence-corrected chi connectivity index (χ2v) is 7.89. The number of ether oxygens (including phenoxy) is 1. The molecule has 0 aromatic heterocycles. The Morgan fingerprint density at radius 1 is 1.30 bits per heavy atom. The number of sulfonamides is 1. The van der Waals surface area contributed by atoms with Gasteiger partial charge in [0.15, 0.2) is 0 Å². The van der Waals surface area contributed by atoms with Crippen molar-refractivity contribution in [3.8, 4) is 0 Å². The molecule has 5 nitrogen and oxygen atoms in total. The summed E-state index contributed by atoms with van der Waals surface area (Å²) >= 11 is 0. The van der Waals surface area contributed by atoms with Gasteiger partial charge in [0, 0.05) is 12.2 Å². The van der Waals surface area contributed by atoms with Crippen molar-refractivity contribution in [2.45, 2.75) is 56.6 Å². The summed E-state index contributed by atoms with van der Waals surface area (Å²) in [6.45, 7) is 5.07. The third-order valence-electron chi connectivity index (χ3n) is 4.84. The molecule has 0 aliphatic carbocycles. The minimum atomic E-state index is -3.46. The van der Waals surface area contributed by atoms with E-state index in [0.717, 1.165) is 25.7 Å². The molecule has 2 heterocycles. The molecule has 1 fully saturated rings. The standard InChI is InChI=1S/C17H24N2O3S/c1-3-12(4-2)15-11-13(9-10-22-15)18-17-14-7-5-6-8-16(14)23(20,21)19-17/h5-8,12-13,15H,3-4,9-11H2,1-2H3,(H,18,19). The van der Waals surface area contributed by atoms with Crippen LogP contribution in [0.4, 0.5) is 0 Å². The second kappa shape index (κ2) is 6.61. The predicted octanol–water partition coefficient (Wildman–Crippen LogP) is 2.71. The molecule has 3 rings (SSSR count). The maximum Gasteiger partial charge on any atom is 0.263 e. The molecule has 0 bridgehead atoms. The highest BCUT2D eigenvalue weighted by Crippen LogP contribution is 2.28. The molecule has 23 heavy (non-hydrogen) atoms. The maximum atomic E-state index is 12.2. The van der Waals surface area contributed by atoms with E-state index < -0.39 is 10.0 Å². The van der Waals surface area contributed by atoms with Crippen molar-refractivity contribution in [3.63, 3.8) is 0 Å². The fourth-order valence-electron chi connectivity index (χ4n) is 3.48. The number of benzene rings is 1. The number of nitrogens with one attached hydrogen (secondary N) is 1. The fraction of sp³-hybridized carbons (Fsp3) is 0.588. The molecule has 6 heteroatoms. The monoisotopic (exact) mass is 336 g/mol. The van der Waals surface area contributed by atoms with Crippen LogP contribution in [0.5, 0.6) is 0 Å². The lowest BCUT2D eigenvalue weighted by atomic mass is 9.89. The van der Waals surface area contributed by atoms with Crippen LogP contribution in [0.3, 0.4) is 0 Å². The molecule has 2 atom stereocenters. The van der Waals surface area contributed by atoms with E-state index >= 15 is 0 Å². The van der Waals surface area contributed by atoms with Crippen LogP contribution >= 0.6 is 0 Å². The first kappa shape index (κ1) is 16.5. The largest absolute Gasteiger partial charge is 0.378 e. The van der Waals surface area contributed by atoms with Crippen molar-refractivity contribution in [2.75, 3.05) is 6.61 Å². The first-order valence-electron chi connectivity index (χ1n) is 8.36. The molecule has 0 saturated carbocycles. The minimum absolute atomic E-state index is 0.109. The lowest BCUT2D eigenvalue weighted by Gasteiger charge is -2.32. The molecule has 1 aromatic rings. The average molecular weight is 336 g/mol. The molecule has 0 spiro atoms. The highest BCUT2D eigenvalue weighted by molar-refractivity contribution is 7.90. The smallest absolute Gasteiger partial charge is 0.263 e. The van der Waals surface area contributed by atoms with Crippen LogP contribution in [-0.4, -0.2) is 33.0 Å². The van der Waals surface area contributed by atoms with E-state index in [1.807, 2.05) is 12.1 Å². The van der Waals surface area contributed by atoms with Gasteiger partial charge in [-0.25, -0.2) is 8.42 Å². The molecular weight excluding hydrogens is 312 g/mol. The number of aliphatic imine (C=N–C) groups is 1. The Kier molecular flexibility index (Phi) is 4.73. The van der Waals surface area contributed by atoms with Gasteiger partial charge in [-0.3, -0.25) is 9.71 Å². The van der Waals surface area contributed by atoms with Gasteiger partial charge in [-0.1, -0.05) is 38.8 Å². The van der Waals surface area contributed by atoms with E-state index in [-0.39, 0.29) is 12.1 Å². The van der Waals surface area contributed by atoms with Crippen LogP contribution in [0.1, 0.15) is 45.1 Å². The molecule has 1 N–H and O–H groups in total. The molecular formula is C17H24N2O3S. The van der Waals surface area contributed by atoms with Crippen LogP contribution in [0.25, 0.3) is 0 Å². The highest BCUT2D eigenvalue weighted by Gasteiger charge is 2.32. The topological polar surface area (TPSA) is 67.8 Å². The Hall–Kier alpha value is -1.40. The lowest BCUT2D eigenvalue weighted by Crippen LogP contribution is -2.35. The van der Waals surface area contributed by atoms with Gasteiger partial charge in [-0.15, -0.1) is 0 Å². The highest BCUT2D eigenvalue weighted by atomic mass is 32.2. The van der Waals surface area contributed by atoms with Crippen LogP contribution in [0, 0.1) is 5.92 Å². The molecule has 1 aromatic carbocycles. The Labute approximate surface area is 138 Å². The van der Waals surface area contributed by atoms with E-state index in [9.17, 15) is 8.42 Å². The van der Waals surface area contributed by atoms with Crippen LogP contribution in [0.15, 0.2) is 34.2 Å². The predicted molar refractivity (Wildman–Crippen MR) is 90.1 cm³/mol.